The van der Waals surface area contributed by atoms with Crippen LogP contribution in [-0.2, 0) is 0 Å². The van der Waals surface area contributed by atoms with Gasteiger partial charge in [-0.25, -0.2) is 0 Å². The summed E-state index contributed by atoms with van der Waals surface area (Å²) < 4.78 is 0. The van der Waals surface area contributed by atoms with Crippen LogP contribution in [0, 0.1) is 6.92 Å². The number of aryl methyl sites for hydroxylation is 1. The standard InChI is InChI=1S/C17H20N4O2/c1-12-2-6-14(7-3-12)21-17(18)20-11-10-19-16(23)13-4-8-15(22)9-5-13/h2-9,22H,10-11H2,1H3,(H,19,23)(H3,18,20,21). The average Bonchev–Trinajstić information content (AvgIpc) is 2.54. The van der Waals surface area contributed by atoms with Crippen molar-refractivity contribution in [2.24, 2.45) is 10.7 Å². The number of hydrogen-bond acceptors (Lipinski definition) is 3. The molecule has 0 atom stereocenters. The highest BCUT2D eigenvalue weighted by molar-refractivity contribution is 5.94. The number of nitrogens with zero attached hydrogens (tertiary/aromatic N) is 1. The van der Waals surface area contributed by atoms with Gasteiger partial charge in [-0.2, -0.15) is 0 Å². The summed E-state index contributed by atoms with van der Waals surface area (Å²) in [4.78, 5) is 16.0. The van der Waals surface area contributed by atoms with E-state index < -0.39 is 0 Å². The average molecular weight is 312 g/mol. The van der Waals surface area contributed by atoms with Crippen LogP contribution < -0.4 is 16.4 Å². The lowest BCUT2D eigenvalue weighted by molar-refractivity contribution is 0.0955. The first-order valence-electron chi connectivity index (χ1n) is 7.25. The highest BCUT2D eigenvalue weighted by Crippen LogP contribution is 2.09. The first kappa shape index (κ1) is 16.4. The van der Waals surface area contributed by atoms with Crippen molar-refractivity contribution in [1.82, 2.24) is 5.32 Å². The molecule has 120 valence electrons. The monoisotopic (exact) mass is 312 g/mol. The number of aromatic hydroxyl groups is 1. The van der Waals surface area contributed by atoms with Gasteiger partial charge in [-0.05, 0) is 43.3 Å². The zero-order valence-corrected chi connectivity index (χ0v) is 12.9. The zero-order chi connectivity index (χ0) is 16.7. The van der Waals surface area contributed by atoms with Gasteiger partial charge in [0.05, 0.1) is 6.54 Å². The Balaban J connectivity index is 1.76. The minimum absolute atomic E-state index is 0.126. The van der Waals surface area contributed by atoms with Crippen LogP contribution in [-0.4, -0.2) is 30.1 Å². The molecule has 2 aromatic carbocycles. The highest BCUT2D eigenvalue weighted by atomic mass is 16.3. The summed E-state index contributed by atoms with van der Waals surface area (Å²) in [6.45, 7) is 2.75. The van der Waals surface area contributed by atoms with E-state index in [0.29, 0.717) is 24.6 Å². The van der Waals surface area contributed by atoms with E-state index in [1.165, 1.54) is 17.7 Å². The molecular weight excluding hydrogens is 292 g/mol. The number of benzene rings is 2. The summed E-state index contributed by atoms with van der Waals surface area (Å²) >= 11 is 0. The van der Waals surface area contributed by atoms with Gasteiger partial charge in [0.1, 0.15) is 5.75 Å². The van der Waals surface area contributed by atoms with Crippen molar-refractivity contribution in [3.05, 3.63) is 59.7 Å². The second-order valence-electron chi connectivity index (χ2n) is 5.06. The molecule has 0 aliphatic carbocycles. The number of hydrogen-bond donors (Lipinski definition) is 4. The van der Waals surface area contributed by atoms with Gasteiger partial charge in [-0.1, -0.05) is 17.7 Å². The van der Waals surface area contributed by atoms with Crippen molar-refractivity contribution in [2.75, 3.05) is 18.4 Å². The highest BCUT2D eigenvalue weighted by Gasteiger charge is 2.03. The summed E-state index contributed by atoms with van der Waals surface area (Å²) in [6.07, 6.45) is 0. The SMILES string of the molecule is Cc1ccc(NC(N)=NCCNC(=O)c2ccc(O)cc2)cc1. The third-order valence-electron chi connectivity index (χ3n) is 3.13. The van der Waals surface area contributed by atoms with Gasteiger partial charge in [-0.3, -0.25) is 9.79 Å². The Hall–Kier alpha value is -3.02. The fourth-order valence-electron chi connectivity index (χ4n) is 1.88. The van der Waals surface area contributed by atoms with E-state index in [0.717, 1.165) is 5.69 Å². The molecule has 0 aliphatic rings. The molecular formula is C17H20N4O2. The van der Waals surface area contributed by atoms with Gasteiger partial charge < -0.3 is 21.5 Å². The molecule has 0 saturated heterocycles. The predicted octanol–water partition coefficient (Wildman–Crippen LogP) is 1.86. The smallest absolute Gasteiger partial charge is 0.251 e. The molecule has 0 fully saturated rings. The number of nitrogens with one attached hydrogen (secondary N) is 2. The Morgan fingerprint density at radius 2 is 1.78 bits per heavy atom. The van der Waals surface area contributed by atoms with Crippen molar-refractivity contribution >= 4 is 17.6 Å². The molecule has 2 rings (SSSR count). The van der Waals surface area contributed by atoms with Gasteiger partial charge in [-0.15, -0.1) is 0 Å². The molecule has 6 nitrogen and oxygen atoms in total. The molecule has 1 amide bonds. The molecule has 2 aromatic rings. The minimum Gasteiger partial charge on any atom is -0.508 e. The number of nitrogens with two attached hydrogens (primary N) is 1. The number of rotatable bonds is 5. The molecule has 0 heterocycles. The van der Waals surface area contributed by atoms with Crippen molar-refractivity contribution in [2.45, 2.75) is 6.92 Å². The molecule has 0 radical (unpaired) electrons. The lowest BCUT2D eigenvalue weighted by Crippen LogP contribution is -2.28. The number of carbonyl (C=O) groups is 1. The second kappa shape index (κ2) is 7.84. The summed E-state index contributed by atoms with van der Waals surface area (Å²) in [6, 6.07) is 13.9. The van der Waals surface area contributed by atoms with Gasteiger partial charge in [0.2, 0.25) is 0 Å². The summed E-state index contributed by atoms with van der Waals surface area (Å²) in [5.41, 5.74) is 8.31. The third kappa shape index (κ3) is 5.35. The van der Waals surface area contributed by atoms with Crippen LogP contribution in [0.4, 0.5) is 5.69 Å². The zero-order valence-electron chi connectivity index (χ0n) is 12.9. The lowest BCUT2D eigenvalue weighted by atomic mass is 10.2. The fraction of sp³-hybridized carbons (Fsp3) is 0.176. The topological polar surface area (TPSA) is 99.7 Å². The van der Waals surface area contributed by atoms with Gasteiger partial charge in [0, 0.05) is 17.8 Å². The largest absolute Gasteiger partial charge is 0.508 e. The van der Waals surface area contributed by atoms with Gasteiger partial charge >= 0.3 is 0 Å². The van der Waals surface area contributed by atoms with Crippen LogP contribution in [0.1, 0.15) is 15.9 Å². The number of phenolic OH excluding ortho intramolecular Hbond substituents is 1. The molecule has 0 unspecified atom stereocenters. The van der Waals surface area contributed by atoms with Crippen molar-refractivity contribution in [1.29, 1.82) is 0 Å². The first-order chi connectivity index (χ1) is 11.0. The molecule has 0 saturated carbocycles. The van der Waals surface area contributed by atoms with Crippen LogP contribution in [0.3, 0.4) is 0 Å². The van der Waals surface area contributed by atoms with E-state index in [1.54, 1.807) is 12.1 Å². The Kier molecular flexibility index (Phi) is 5.57. The van der Waals surface area contributed by atoms with Crippen LogP contribution >= 0.6 is 0 Å². The predicted molar refractivity (Wildman–Crippen MR) is 91.7 cm³/mol. The van der Waals surface area contributed by atoms with Crippen LogP contribution in [0.25, 0.3) is 0 Å². The number of amides is 1. The number of anilines is 1. The van der Waals surface area contributed by atoms with Crippen LogP contribution in [0.5, 0.6) is 5.75 Å². The normalized spacial score (nSPS) is 11.1. The quantitative estimate of drug-likeness (QED) is 0.384. The van der Waals surface area contributed by atoms with E-state index in [2.05, 4.69) is 15.6 Å². The minimum atomic E-state index is -0.217. The molecule has 0 aromatic heterocycles. The molecule has 5 N–H and O–H groups in total. The molecule has 0 aliphatic heterocycles. The van der Waals surface area contributed by atoms with E-state index >= 15 is 0 Å². The number of guanidine groups is 1. The number of phenols is 1. The second-order valence-corrected chi connectivity index (χ2v) is 5.06. The van der Waals surface area contributed by atoms with E-state index in [4.69, 9.17) is 5.73 Å². The van der Waals surface area contributed by atoms with Crippen molar-refractivity contribution in [3.63, 3.8) is 0 Å². The molecule has 0 spiro atoms. The Labute approximate surface area is 135 Å². The van der Waals surface area contributed by atoms with Crippen LogP contribution in [0.2, 0.25) is 0 Å². The van der Waals surface area contributed by atoms with Gasteiger partial charge in [0.25, 0.3) is 5.91 Å². The van der Waals surface area contributed by atoms with Crippen LogP contribution in [0.15, 0.2) is 53.5 Å². The Morgan fingerprint density at radius 1 is 1.13 bits per heavy atom. The summed E-state index contributed by atoms with van der Waals surface area (Å²) in [5, 5.41) is 14.9. The van der Waals surface area contributed by atoms with E-state index in [9.17, 15) is 9.90 Å². The maximum absolute atomic E-state index is 11.8. The summed E-state index contributed by atoms with van der Waals surface area (Å²) in [5.74, 6) is 0.208. The molecule has 23 heavy (non-hydrogen) atoms. The fourth-order valence-corrected chi connectivity index (χ4v) is 1.88. The van der Waals surface area contributed by atoms with E-state index in [-0.39, 0.29) is 11.7 Å². The maximum Gasteiger partial charge on any atom is 0.251 e. The van der Waals surface area contributed by atoms with E-state index in [1.807, 2.05) is 31.2 Å². The maximum atomic E-state index is 11.8. The summed E-state index contributed by atoms with van der Waals surface area (Å²) in [7, 11) is 0. The van der Waals surface area contributed by atoms with Crippen molar-refractivity contribution in [3.8, 4) is 5.75 Å². The third-order valence-corrected chi connectivity index (χ3v) is 3.13. The molecule has 0 bridgehead atoms. The number of carbonyl (C=O) groups excluding carboxylic acids is 1. The number of aliphatic imine (C=N–C) groups is 1. The molecule has 6 heteroatoms. The Morgan fingerprint density at radius 3 is 2.43 bits per heavy atom. The van der Waals surface area contributed by atoms with Gasteiger partial charge in [0.15, 0.2) is 5.96 Å². The lowest BCUT2D eigenvalue weighted by Gasteiger charge is -2.07. The van der Waals surface area contributed by atoms with Crippen molar-refractivity contribution < 1.29 is 9.90 Å². The first-order valence-corrected chi connectivity index (χ1v) is 7.25. The Bertz CT molecular complexity index is 679.